The molecule has 7 heteroatoms. The molecule has 0 saturated carbocycles. The number of carbonyl (C=O) groups is 2. The van der Waals surface area contributed by atoms with E-state index >= 15 is 0 Å². The van der Waals surface area contributed by atoms with Crippen LogP contribution < -0.4 is 5.32 Å². The Kier molecular flexibility index (Phi) is 6.45. The van der Waals surface area contributed by atoms with Crippen LogP contribution in [-0.2, 0) is 17.9 Å². The molecule has 2 aromatic heterocycles. The molecular weight excluding hydrogens is 428 g/mol. The topological polar surface area (TPSA) is 76.5 Å². The average Bonchev–Trinajstić information content (AvgIpc) is 3.53. The molecule has 1 fully saturated rings. The number of benzene rings is 1. The number of rotatable bonds is 6. The third-order valence-corrected chi connectivity index (χ3v) is 6.83. The lowest BCUT2D eigenvalue weighted by atomic mass is 10.0. The Morgan fingerprint density at radius 2 is 1.97 bits per heavy atom. The molecule has 1 aromatic carbocycles. The zero-order chi connectivity index (χ0) is 23.5. The fourth-order valence-corrected chi connectivity index (χ4v) is 5.08. The Labute approximate surface area is 199 Å². The maximum absolute atomic E-state index is 13.7. The van der Waals surface area contributed by atoms with E-state index in [2.05, 4.69) is 17.2 Å². The van der Waals surface area contributed by atoms with E-state index in [9.17, 15) is 9.59 Å². The monoisotopic (exact) mass is 458 g/mol. The zero-order valence-electron chi connectivity index (χ0n) is 19.4. The van der Waals surface area contributed by atoms with Crippen molar-refractivity contribution in [2.75, 3.05) is 13.2 Å². The van der Waals surface area contributed by atoms with Gasteiger partial charge in [-0.1, -0.05) is 43.3 Å². The van der Waals surface area contributed by atoms with Crippen LogP contribution in [-0.4, -0.2) is 39.4 Å². The molecule has 7 nitrogen and oxygen atoms in total. The summed E-state index contributed by atoms with van der Waals surface area (Å²) in [6.45, 7) is 4.14. The second kappa shape index (κ2) is 9.81. The van der Waals surface area contributed by atoms with Crippen LogP contribution in [0.4, 0.5) is 0 Å². The van der Waals surface area contributed by atoms with Crippen molar-refractivity contribution >= 4 is 11.8 Å². The van der Waals surface area contributed by atoms with E-state index < -0.39 is 0 Å². The van der Waals surface area contributed by atoms with Crippen molar-refractivity contribution in [1.29, 1.82) is 0 Å². The second-order valence-corrected chi connectivity index (χ2v) is 8.85. The molecule has 0 bridgehead atoms. The minimum Gasteiger partial charge on any atom is -0.373 e. The third-order valence-electron chi connectivity index (χ3n) is 6.83. The maximum atomic E-state index is 13.7. The molecule has 2 amide bonds. The molecule has 176 valence electrons. The fraction of sp³-hybridized carbons (Fsp3) is 0.370. The highest BCUT2D eigenvalue weighted by molar-refractivity contribution is 6.01. The fourth-order valence-electron chi connectivity index (χ4n) is 5.08. The van der Waals surface area contributed by atoms with Gasteiger partial charge >= 0.3 is 0 Å². The number of ether oxygens (including phenoxy) is 1. The van der Waals surface area contributed by atoms with E-state index in [4.69, 9.17) is 4.74 Å². The highest BCUT2D eigenvalue weighted by atomic mass is 16.5. The first kappa shape index (κ1) is 22.3. The molecule has 0 spiro atoms. The number of nitrogens with one attached hydrogen (secondary N) is 1. The van der Waals surface area contributed by atoms with Crippen LogP contribution in [0.25, 0.3) is 0 Å². The quantitative estimate of drug-likeness (QED) is 0.599. The highest BCUT2D eigenvalue weighted by Gasteiger charge is 2.35. The molecule has 0 aliphatic carbocycles. The van der Waals surface area contributed by atoms with E-state index in [1.165, 1.54) is 0 Å². The van der Waals surface area contributed by atoms with Crippen molar-refractivity contribution in [3.8, 4) is 0 Å². The summed E-state index contributed by atoms with van der Waals surface area (Å²) in [5.74, 6) is -0.225. The van der Waals surface area contributed by atoms with Crippen LogP contribution in [0.15, 0.2) is 60.8 Å². The Morgan fingerprint density at radius 1 is 1.15 bits per heavy atom. The smallest absolute Gasteiger partial charge is 0.271 e. The first-order valence-corrected chi connectivity index (χ1v) is 12.0. The van der Waals surface area contributed by atoms with Gasteiger partial charge in [0.1, 0.15) is 5.69 Å². The maximum Gasteiger partial charge on any atom is 0.271 e. The highest BCUT2D eigenvalue weighted by Crippen LogP contribution is 2.33. The van der Waals surface area contributed by atoms with Crippen LogP contribution in [0.1, 0.15) is 76.1 Å². The number of likely N-dealkylation sites (tertiary alicyclic amines) is 1. The summed E-state index contributed by atoms with van der Waals surface area (Å²) in [4.78, 5) is 33.5. The first-order chi connectivity index (χ1) is 16.7. The summed E-state index contributed by atoms with van der Waals surface area (Å²) >= 11 is 0. The van der Waals surface area contributed by atoms with Crippen LogP contribution in [0.2, 0.25) is 0 Å². The van der Waals surface area contributed by atoms with Gasteiger partial charge in [-0.25, -0.2) is 0 Å². The summed E-state index contributed by atoms with van der Waals surface area (Å²) in [6.07, 6.45) is 4.37. The molecule has 1 unspecified atom stereocenters. The standard InChI is InChI=1S/C27H30N4O3/c1-2-21(19-9-4-3-5-10-19)29-26(32)20-17-24(30-15-16-34-18-25(20)30)27(33)31-14-8-12-23(31)22-11-6-7-13-28-22/h3-7,9-11,13,17,21,23H,2,8,12,14-16,18H2,1H3,(H,29,32)/t21-,23?/m1/s1. The molecule has 4 heterocycles. The Hall–Kier alpha value is -3.45. The van der Waals surface area contributed by atoms with Gasteiger partial charge in [-0.3, -0.25) is 14.6 Å². The Bertz CT molecular complexity index is 1160. The molecular formula is C27H30N4O3. The molecule has 2 aliphatic rings. The lowest BCUT2D eigenvalue weighted by Crippen LogP contribution is -2.33. The SMILES string of the molecule is CC[C@@H](NC(=O)c1cc(C(=O)N2CCCC2c2ccccn2)n2c1COCC2)c1ccccc1. The number of nitrogens with zero attached hydrogens (tertiary/aromatic N) is 3. The lowest BCUT2D eigenvalue weighted by Gasteiger charge is -2.26. The number of hydrogen-bond donors (Lipinski definition) is 1. The van der Waals surface area contributed by atoms with E-state index in [-0.39, 0.29) is 23.9 Å². The third kappa shape index (κ3) is 4.23. The van der Waals surface area contributed by atoms with Gasteiger partial charge in [0, 0.05) is 19.3 Å². The summed E-state index contributed by atoms with van der Waals surface area (Å²) in [5.41, 5.74) is 3.82. The summed E-state index contributed by atoms with van der Waals surface area (Å²) in [5, 5.41) is 3.16. The van der Waals surface area contributed by atoms with Crippen molar-refractivity contribution < 1.29 is 14.3 Å². The molecule has 3 aromatic rings. The first-order valence-electron chi connectivity index (χ1n) is 12.0. The van der Waals surface area contributed by atoms with E-state index in [0.29, 0.717) is 37.6 Å². The van der Waals surface area contributed by atoms with E-state index in [1.54, 1.807) is 12.3 Å². The summed E-state index contributed by atoms with van der Waals surface area (Å²) in [6, 6.07) is 17.4. The minimum absolute atomic E-state index is 0.0421. The largest absolute Gasteiger partial charge is 0.373 e. The number of aromatic nitrogens is 2. The number of fused-ring (bicyclic) bond motifs is 1. The van der Waals surface area contributed by atoms with Crippen molar-refractivity contribution in [3.05, 3.63) is 89.0 Å². The van der Waals surface area contributed by atoms with Gasteiger partial charge in [0.2, 0.25) is 0 Å². The van der Waals surface area contributed by atoms with Gasteiger partial charge in [-0.05, 0) is 43.0 Å². The van der Waals surface area contributed by atoms with Crippen molar-refractivity contribution in [1.82, 2.24) is 19.8 Å². The zero-order valence-corrected chi connectivity index (χ0v) is 19.4. The normalized spacial score (nSPS) is 18.4. The minimum atomic E-state index is -0.174. The number of pyridine rings is 1. The van der Waals surface area contributed by atoms with Gasteiger partial charge in [0.05, 0.1) is 42.2 Å². The summed E-state index contributed by atoms with van der Waals surface area (Å²) in [7, 11) is 0. The van der Waals surface area contributed by atoms with Crippen molar-refractivity contribution in [3.63, 3.8) is 0 Å². The van der Waals surface area contributed by atoms with Gasteiger partial charge in [-0.2, -0.15) is 0 Å². The molecule has 0 radical (unpaired) electrons. The molecule has 2 atom stereocenters. The van der Waals surface area contributed by atoms with E-state index in [1.807, 2.05) is 58.0 Å². The number of hydrogen-bond acceptors (Lipinski definition) is 4. The lowest BCUT2D eigenvalue weighted by molar-refractivity contribution is 0.0673. The van der Waals surface area contributed by atoms with Crippen LogP contribution >= 0.6 is 0 Å². The Balaban J connectivity index is 1.44. The van der Waals surface area contributed by atoms with Gasteiger partial charge < -0.3 is 19.5 Å². The predicted octanol–water partition coefficient (Wildman–Crippen LogP) is 4.27. The Morgan fingerprint density at radius 3 is 2.74 bits per heavy atom. The molecule has 5 rings (SSSR count). The molecule has 1 saturated heterocycles. The number of carbonyl (C=O) groups excluding carboxylic acids is 2. The molecule has 1 N–H and O–H groups in total. The number of amides is 2. The van der Waals surface area contributed by atoms with Crippen LogP contribution in [0.5, 0.6) is 0 Å². The van der Waals surface area contributed by atoms with Crippen LogP contribution in [0.3, 0.4) is 0 Å². The van der Waals surface area contributed by atoms with Crippen molar-refractivity contribution in [2.24, 2.45) is 0 Å². The van der Waals surface area contributed by atoms with Gasteiger partial charge in [-0.15, -0.1) is 0 Å². The van der Waals surface area contributed by atoms with Crippen LogP contribution in [0, 0.1) is 0 Å². The molecule has 34 heavy (non-hydrogen) atoms. The second-order valence-electron chi connectivity index (χ2n) is 8.85. The van der Waals surface area contributed by atoms with E-state index in [0.717, 1.165) is 36.2 Å². The average molecular weight is 459 g/mol. The van der Waals surface area contributed by atoms with Crippen molar-refractivity contribution in [2.45, 2.75) is 51.4 Å². The molecule has 2 aliphatic heterocycles. The summed E-state index contributed by atoms with van der Waals surface area (Å²) < 4.78 is 7.65. The van der Waals surface area contributed by atoms with Gasteiger partial charge in [0.15, 0.2) is 0 Å². The van der Waals surface area contributed by atoms with Gasteiger partial charge in [0.25, 0.3) is 11.8 Å². The predicted molar refractivity (Wildman–Crippen MR) is 128 cm³/mol.